The van der Waals surface area contributed by atoms with Crippen LogP contribution in [0.1, 0.15) is 0 Å². The van der Waals surface area contributed by atoms with E-state index in [0.29, 0.717) is 0 Å². The maximum atomic E-state index is 0. The zero-order chi connectivity index (χ0) is 0. The predicted molar refractivity (Wildman–Crippen MR) is 9.87 cm³/mol. The molecule has 0 saturated carbocycles. The van der Waals surface area contributed by atoms with Gasteiger partial charge in [-0.05, 0) is 0 Å². The van der Waals surface area contributed by atoms with E-state index in [1.165, 1.54) is 0 Å². The van der Waals surface area contributed by atoms with Gasteiger partial charge in [-0.1, -0.05) is 0 Å². The number of hydrogen-bond acceptors (Lipinski definition) is 0. The molecule has 0 aliphatic carbocycles. The van der Waals surface area contributed by atoms with Crippen LogP contribution in [0.2, 0.25) is 0 Å². The summed E-state index contributed by atoms with van der Waals surface area (Å²) in [6.07, 6.45) is 0. The molecule has 0 fully saturated rings. The van der Waals surface area contributed by atoms with Crippen LogP contribution in [0.4, 0.5) is 0 Å². The summed E-state index contributed by atoms with van der Waals surface area (Å²) in [6.45, 7) is 0. The molecule has 0 aliphatic heterocycles. The molecule has 0 aromatic rings. The Kier molecular flexibility index (Phi) is 7140. The van der Waals surface area contributed by atoms with Gasteiger partial charge in [0.25, 0.3) is 0 Å². The zero-order valence-corrected chi connectivity index (χ0v) is 10.1. The SMILES string of the molecule is [Ge+4].[O-2].[O-2].[O-2].[O-2].[O-2].[O-2].[Ti+4].[Zr+4]. The third-order valence-corrected chi connectivity index (χ3v) is 0. The first-order chi connectivity index (χ1) is 0. The molecule has 9 heavy (non-hydrogen) atoms. The number of hydrogen-bond donors (Lipinski definition) is 0. The molecule has 9 heteroatoms. The molecule has 0 amide bonds. The van der Waals surface area contributed by atoms with Crippen molar-refractivity contribution in [2.24, 2.45) is 0 Å². The third kappa shape index (κ3) is 171. The molecule has 48 valence electrons. The Hall–Kier alpha value is 1.90. The van der Waals surface area contributed by atoms with Gasteiger partial charge in [-0.25, -0.2) is 0 Å². The Bertz CT molecular complexity index is 13.0. The van der Waals surface area contributed by atoms with Crippen molar-refractivity contribution >= 4 is 17.6 Å². The summed E-state index contributed by atoms with van der Waals surface area (Å²) in [7, 11) is 0. The van der Waals surface area contributed by atoms with Crippen molar-refractivity contribution in [2.45, 2.75) is 0 Å². The van der Waals surface area contributed by atoms with E-state index in [4.69, 9.17) is 0 Å². The van der Waals surface area contributed by atoms with Gasteiger partial charge in [0.05, 0.1) is 0 Å². The van der Waals surface area contributed by atoms with E-state index in [0.717, 1.165) is 0 Å². The Labute approximate surface area is 97.6 Å². The average molecular weight is 308 g/mol. The van der Waals surface area contributed by atoms with E-state index in [2.05, 4.69) is 0 Å². The van der Waals surface area contributed by atoms with Gasteiger partial charge < -0.3 is 32.9 Å². The van der Waals surface area contributed by atoms with Crippen LogP contribution < -0.4 is 0 Å². The normalized spacial score (nSPS) is 0. The molecule has 0 unspecified atom stereocenters. The van der Waals surface area contributed by atoms with Gasteiger partial charge in [0.1, 0.15) is 0 Å². The van der Waals surface area contributed by atoms with Crippen molar-refractivity contribution < 1.29 is 80.8 Å². The molecule has 0 spiro atoms. The Morgan fingerprint density at radius 3 is 0.444 bits per heavy atom. The summed E-state index contributed by atoms with van der Waals surface area (Å²) < 4.78 is 0. The van der Waals surface area contributed by atoms with E-state index < -0.39 is 0 Å². The van der Waals surface area contributed by atoms with Crippen molar-refractivity contribution in [3.05, 3.63) is 0 Å². The van der Waals surface area contributed by atoms with Gasteiger partial charge in [0.2, 0.25) is 0 Å². The predicted octanol–water partition coefficient (Wildman–Crippen LogP) is -1.10. The van der Waals surface area contributed by atoms with E-state index in [1.807, 2.05) is 0 Å². The fraction of sp³-hybridized carbons (Fsp3) is 0. The van der Waals surface area contributed by atoms with E-state index in [-0.39, 0.29) is 98.4 Å². The summed E-state index contributed by atoms with van der Waals surface area (Å²) in [4.78, 5) is 0. The van der Waals surface area contributed by atoms with Gasteiger partial charge in [-0.3, -0.25) is 0 Å². The minimum atomic E-state index is 0. The van der Waals surface area contributed by atoms with Crippen LogP contribution >= 0.6 is 0 Å². The molecular formula is GeO6TiZr. The Morgan fingerprint density at radius 2 is 0.444 bits per heavy atom. The van der Waals surface area contributed by atoms with Gasteiger partial charge in [0.15, 0.2) is 0 Å². The molecule has 0 saturated heterocycles. The van der Waals surface area contributed by atoms with Gasteiger partial charge in [0, 0.05) is 0 Å². The summed E-state index contributed by atoms with van der Waals surface area (Å²) in [6, 6.07) is 0. The topological polar surface area (TPSA) is 171 Å². The van der Waals surface area contributed by atoms with Crippen LogP contribution in [-0.4, -0.2) is 17.6 Å². The smallest absolute Gasteiger partial charge is 2.00 e. The molecule has 6 nitrogen and oxygen atoms in total. The summed E-state index contributed by atoms with van der Waals surface area (Å²) in [5.41, 5.74) is 0. The van der Waals surface area contributed by atoms with Crippen molar-refractivity contribution in [1.29, 1.82) is 0 Å². The fourth-order valence-electron chi connectivity index (χ4n) is 0. The number of rotatable bonds is 0. The second-order valence-corrected chi connectivity index (χ2v) is 0. The van der Waals surface area contributed by atoms with E-state index in [1.54, 1.807) is 0 Å². The molecule has 0 aliphatic rings. The van der Waals surface area contributed by atoms with Gasteiger partial charge >= 0.3 is 65.5 Å². The second kappa shape index (κ2) is 217. The minimum absolute atomic E-state index is 0. The van der Waals surface area contributed by atoms with Crippen molar-refractivity contribution in [3.63, 3.8) is 0 Å². The fourth-order valence-corrected chi connectivity index (χ4v) is 0. The molecule has 0 N–H and O–H groups in total. The third-order valence-electron chi connectivity index (χ3n) is 0. The van der Waals surface area contributed by atoms with Crippen molar-refractivity contribution in [1.82, 2.24) is 0 Å². The molecular weight excluding hydrogens is 308 g/mol. The first-order valence-corrected chi connectivity index (χ1v) is 0. The van der Waals surface area contributed by atoms with Gasteiger partial charge in [-0.2, -0.15) is 0 Å². The summed E-state index contributed by atoms with van der Waals surface area (Å²) in [5.74, 6) is 0. The van der Waals surface area contributed by atoms with Crippen LogP contribution in [0.5, 0.6) is 0 Å². The van der Waals surface area contributed by atoms with Gasteiger partial charge in [-0.15, -0.1) is 0 Å². The monoisotopic (exact) mass is 308 g/mol. The summed E-state index contributed by atoms with van der Waals surface area (Å²) >= 11 is 0. The Morgan fingerprint density at radius 1 is 0.444 bits per heavy atom. The average Bonchev–Trinajstić information content (AvgIpc) is 0. The zero-order valence-electron chi connectivity index (χ0n) is 3.95. The Balaban J connectivity index is 0. The first kappa shape index (κ1) is 296. The van der Waals surface area contributed by atoms with Crippen molar-refractivity contribution in [2.75, 3.05) is 0 Å². The molecule has 0 heterocycles. The van der Waals surface area contributed by atoms with Crippen LogP contribution in [0.15, 0.2) is 0 Å². The van der Waals surface area contributed by atoms with E-state index >= 15 is 0 Å². The van der Waals surface area contributed by atoms with Crippen LogP contribution in [0.25, 0.3) is 0 Å². The first-order valence-electron chi connectivity index (χ1n) is 0. The standard InChI is InChI=1S/Ge.6O.Ti.Zr/q+4;6*-2;2*+4. The maximum Gasteiger partial charge on any atom is 4.00 e. The molecule has 0 aromatic heterocycles. The molecule has 0 bridgehead atoms. The van der Waals surface area contributed by atoms with Crippen LogP contribution in [0.3, 0.4) is 0 Å². The van der Waals surface area contributed by atoms with Crippen LogP contribution in [0, 0.1) is 0 Å². The molecule has 0 rings (SSSR count). The minimum Gasteiger partial charge on any atom is -2.00 e. The molecule has 0 radical (unpaired) electrons. The van der Waals surface area contributed by atoms with E-state index in [9.17, 15) is 0 Å². The second-order valence-electron chi connectivity index (χ2n) is 0. The maximum absolute atomic E-state index is 0. The largest absolute Gasteiger partial charge is 4.00 e. The molecule has 0 atom stereocenters. The van der Waals surface area contributed by atoms with Crippen molar-refractivity contribution in [3.8, 4) is 0 Å². The quantitative estimate of drug-likeness (QED) is 0.495. The molecule has 0 aromatic carbocycles. The van der Waals surface area contributed by atoms with Crippen LogP contribution in [-0.2, 0) is 80.8 Å². The summed E-state index contributed by atoms with van der Waals surface area (Å²) in [5, 5.41) is 0.